The summed E-state index contributed by atoms with van der Waals surface area (Å²) < 4.78 is 0. The summed E-state index contributed by atoms with van der Waals surface area (Å²) in [6, 6.07) is -0.599. The first-order valence-corrected chi connectivity index (χ1v) is 9.24. The highest BCUT2D eigenvalue weighted by molar-refractivity contribution is 6.06. The van der Waals surface area contributed by atoms with E-state index < -0.39 is 11.9 Å². The number of imide groups is 1. The van der Waals surface area contributed by atoms with Crippen LogP contribution in [0.2, 0.25) is 0 Å². The maximum atomic E-state index is 12.8. The van der Waals surface area contributed by atoms with Crippen molar-refractivity contribution in [3.05, 3.63) is 35.5 Å². The number of carbonyl (C=O) groups excluding carboxylic acids is 4. The van der Waals surface area contributed by atoms with Crippen molar-refractivity contribution in [2.75, 3.05) is 19.6 Å². The summed E-state index contributed by atoms with van der Waals surface area (Å²) in [5, 5.41) is 2.30. The predicted molar refractivity (Wildman–Crippen MR) is 99.2 cm³/mol. The molecule has 4 amide bonds. The van der Waals surface area contributed by atoms with Crippen molar-refractivity contribution in [1.82, 2.24) is 15.1 Å². The van der Waals surface area contributed by atoms with E-state index >= 15 is 0 Å². The molecule has 0 aliphatic carbocycles. The summed E-state index contributed by atoms with van der Waals surface area (Å²) in [6.45, 7) is 9.32. The van der Waals surface area contributed by atoms with E-state index in [0.717, 1.165) is 24.1 Å². The lowest BCUT2D eigenvalue weighted by atomic mass is 9.98. The minimum Gasteiger partial charge on any atom is -0.342 e. The Morgan fingerprint density at radius 2 is 2.00 bits per heavy atom. The van der Waals surface area contributed by atoms with Gasteiger partial charge in [0.2, 0.25) is 17.7 Å². The van der Waals surface area contributed by atoms with E-state index in [9.17, 15) is 19.2 Å². The highest BCUT2D eigenvalue weighted by Crippen LogP contribution is 2.28. The number of likely N-dealkylation sites (tertiary alicyclic amines) is 1. The highest BCUT2D eigenvalue weighted by atomic mass is 16.2. The van der Waals surface area contributed by atoms with Crippen molar-refractivity contribution in [2.24, 2.45) is 5.92 Å². The normalized spacial score (nSPS) is 26.4. The number of piperidine rings is 1. The summed E-state index contributed by atoms with van der Waals surface area (Å²) >= 11 is 0. The van der Waals surface area contributed by atoms with E-state index in [4.69, 9.17) is 0 Å². The van der Waals surface area contributed by atoms with Gasteiger partial charge in [-0.25, -0.2) is 0 Å². The van der Waals surface area contributed by atoms with Gasteiger partial charge in [-0.05, 0) is 31.4 Å². The minimum absolute atomic E-state index is 0.0682. The third kappa shape index (κ3) is 3.86. The van der Waals surface area contributed by atoms with Gasteiger partial charge in [0, 0.05) is 44.5 Å². The molecule has 3 rings (SSSR count). The zero-order valence-electron chi connectivity index (χ0n) is 15.8. The lowest BCUT2D eigenvalue weighted by Gasteiger charge is -2.29. The van der Waals surface area contributed by atoms with Crippen LogP contribution in [-0.4, -0.2) is 59.1 Å². The number of rotatable bonds is 4. The molecule has 0 unspecified atom stereocenters. The molecule has 3 heterocycles. The second-order valence-electron chi connectivity index (χ2n) is 7.45. The molecule has 7 heteroatoms. The van der Waals surface area contributed by atoms with Crippen molar-refractivity contribution in [2.45, 2.75) is 39.2 Å². The van der Waals surface area contributed by atoms with Gasteiger partial charge in [-0.15, -0.1) is 0 Å². The Morgan fingerprint density at radius 1 is 1.26 bits per heavy atom. The topological polar surface area (TPSA) is 86.8 Å². The van der Waals surface area contributed by atoms with Crippen LogP contribution in [0, 0.1) is 5.92 Å². The second kappa shape index (κ2) is 7.50. The molecule has 2 fully saturated rings. The number of amides is 4. The summed E-state index contributed by atoms with van der Waals surface area (Å²) in [5.74, 6) is -0.618. The first kappa shape index (κ1) is 19.1. The average molecular weight is 371 g/mol. The second-order valence-corrected chi connectivity index (χ2v) is 7.45. The molecule has 3 aliphatic rings. The molecule has 1 N–H and O–H groups in total. The van der Waals surface area contributed by atoms with Crippen molar-refractivity contribution in [3.63, 3.8) is 0 Å². The quantitative estimate of drug-likeness (QED) is 0.588. The molecule has 0 saturated carbocycles. The summed E-state index contributed by atoms with van der Waals surface area (Å²) in [6.07, 6.45) is 5.09. The summed E-state index contributed by atoms with van der Waals surface area (Å²) in [4.78, 5) is 51.0. The maximum absolute atomic E-state index is 12.8. The lowest BCUT2D eigenvalue weighted by Crippen LogP contribution is -2.53. The smallest absolute Gasteiger partial charge is 0.254 e. The Labute approximate surface area is 158 Å². The molecular weight excluding hydrogens is 346 g/mol. The molecule has 0 spiro atoms. The van der Waals surface area contributed by atoms with Gasteiger partial charge >= 0.3 is 0 Å². The van der Waals surface area contributed by atoms with Crippen LogP contribution < -0.4 is 5.32 Å². The first-order valence-electron chi connectivity index (χ1n) is 9.24. The average Bonchev–Trinajstić information content (AvgIpc) is 3.19. The van der Waals surface area contributed by atoms with Crippen LogP contribution in [0.1, 0.15) is 33.1 Å². The van der Waals surface area contributed by atoms with E-state index in [2.05, 4.69) is 11.9 Å². The summed E-state index contributed by atoms with van der Waals surface area (Å²) in [5.41, 5.74) is 2.36. The highest BCUT2D eigenvalue weighted by Gasteiger charge is 2.38. The zero-order valence-corrected chi connectivity index (χ0v) is 15.8. The SMILES string of the molecule is C=C(/C=C\C1=C(C)CN([C@H]2CCC(=O)NC2=O)C1=O)[C@H]1CCN(C(C)=O)C1. The predicted octanol–water partition coefficient (Wildman–Crippen LogP) is 0.931. The molecule has 0 radical (unpaired) electrons. The van der Waals surface area contributed by atoms with Crippen LogP contribution in [0.25, 0.3) is 0 Å². The van der Waals surface area contributed by atoms with Crippen LogP contribution in [-0.2, 0) is 19.2 Å². The van der Waals surface area contributed by atoms with Gasteiger partial charge in [-0.1, -0.05) is 18.2 Å². The number of nitrogens with zero attached hydrogens (tertiary/aromatic N) is 2. The van der Waals surface area contributed by atoms with E-state index in [1.54, 1.807) is 17.9 Å². The Kier molecular flexibility index (Phi) is 5.30. The first-order chi connectivity index (χ1) is 12.8. The van der Waals surface area contributed by atoms with E-state index in [0.29, 0.717) is 25.1 Å². The van der Waals surface area contributed by atoms with Gasteiger partial charge in [0.25, 0.3) is 5.91 Å². The summed E-state index contributed by atoms with van der Waals surface area (Å²) in [7, 11) is 0. The molecule has 3 aliphatic heterocycles. The fraction of sp³-hybridized carbons (Fsp3) is 0.500. The minimum atomic E-state index is -0.599. The van der Waals surface area contributed by atoms with Gasteiger partial charge in [-0.3, -0.25) is 24.5 Å². The molecule has 0 aromatic carbocycles. The van der Waals surface area contributed by atoms with Gasteiger partial charge in [0.15, 0.2) is 0 Å². The van der Waals surface area contributed by atoms with E-state index in [-0.39, 0.29) is 30.1 Å². The molecule has 0 bridgehead atoms. The number of carbonyl (C=O) groups is 4. The zero-order chi connectivity index (χ0) is 19.7. The van der Waals surface area contributed by atoms with Crippen LogP contribution >= 0.6 is 0 Å². The fourth-order valence-corrected chi connectivity index (χ4v) is 3.87. The molecule has 0 aromatic heterocycles. The fourth-order valence-electron chi connectivity index (χ4n) is 3.87. The Morgan fingerprint density at radius 3 is 2.63 bits per heavy atom. The van der Waals surface area contributed by atoms with Crippen molar-refractivity contribution < 1.29 is 19.2 Å². The van der Waals surface area contributed by atoms with E-state index in [1.807, 2.05) is 13.0 Å². The van der Waals surface area contributed by atoms with Gasteiger partial charge in [0.05, 0.1) is 0 Å². The molecular formula is C20H25N3O4. The maximum Gasteiger partial charge on any atom is 0.254 e. The molecule has 2 atom stereocenters. The van der Waals surface area contributed by atoms with Crippen LogP contribution in [0.4, 0.5) is 0 Å². The number of allylic oxidation sites excluding steroid dienone is 1. The number of nitrogens with one attached hydrogen (secondary N) is 1. The van der Waals surface area contributed by atoms with Crippen molar-refractivity contribution >= 4 is 23.6 Å². The van der Waals surface area contributed by atoms with Gasteiger partial charge in [-0.2, -0.15) is 0 Å². The Hall–Kier alpha value is -2.70. The monoisotopic (exact) mass is 371 g/mol. The Balaban J connectivity index is 1.64. The number of hydrogen-bond acceptors (Lipinski definition) is 4. The molecule has 2 saturated heterocycles. The molecule has 0 aromatic rings. The third-order valence-corrected chi connectivity index (χ3v) is 5.57. The van der Waals surface area contributed by atoms with Crippen LogP contribution in [0.5, 0.6) is 0 Å². The lowest BCUT2D eigenvalue weighted by molar-refractivity contribution is -0.142. The molecule has 144 valence electrons. The van der Waals surface area contributed by atoms with Crippen LogP contribution in [0.15, 0.2) is 35.5 Å². The van der Waals surface area contributed by atoms with E-state index in [1.165, 1.54) is 4.90 Å². The van der Waals surface area contributed by atoms with Gasteiger partial charge < -0.3 is 9.80 Å². The molecule has 7 nitrogen and oxygen atoms in total. The number of hydrogen-bond donors (Lipinski definition) is 1. The Bertz CT molecular complexity index is 780. The standard InChI is InChI=1S/C20H25N3O4/c1-12(15-8-9-22(11-15)14(3)24)4-5-16-13(2)10-23(20(16)27)17-6-7-18(25)21-19(17)26/h4-5,15,17H,1,6-11H2,2-3H3,(H,21,25,26)/b5-4-/t15-,17-/m0/s1. The van der Waals surface area contributed by atoms with Crippen LogP contribution in [0.3, 0.4) is 0 Å². The largest absolute Gasteiger partial charge is 0.342 e. The van der Waals surface area contributed by atoms with Crippen molar-refractivity contribution in [1.29, 1.82) is 0 Å². The van der Waals surface area contributed by atoms with Crippen molar-refractivity contribution in [3.8, 4) is 0 Å². The molecule has 27 heavy (non-hydrogen) atoms. The third-order valence-electron chi connectivity index (χ3n) is 5.57. The van der Waals surface area contributed by atoms with Gasteiger partial charge in [0.1, 0.15) is 6.04 Å².